The number of aliphatic hydroxyl groups excluding tert-OH is 2. The Hall–Kier alpha value is -0.970. The maximum atomic E-state index is 13.6. The fourth-order valence-corrected chi connectivity index (χ4v) is 1.61. The number of ether oxygens (including phenoxy) is 1. The molecule has 0 saturated carbocycles. The Morgan fingerprint density at radius 3 is 2.65 bits per heavy atom. The molecule has 4 heteroatoms. The quantitative estimate of drug-likeness (QED) is 0.717. The topological polar surface area (TPSA) is 49.7 Å². The van der Waals surface area contributed by atoms with E-state index in [-0.39, 0.29) is 25.6 Å². The van der Waals surface area contributed by atoms with E-state index >= 15 is 0 Å². The molecule has 0 fully saturated rings. The van der Waals surface area contributed by atoms with Crippen LogP contribution in [0.25, 0.3) is 0 Å². The third-order valence-corrected chi connectivity index (χ3v) is 2.62. The molecule has 0 aliphatic rings. The van der Waals surface area contributed by atoms with Gasteiger partial charge in [-0.05, 0) is 30.0 Å². The molecular formula is C13H19FO3. The molecule has 96 valence electrons. The molecule has 0 aliphatic heterocycles. The van der Waals surface area contributed by atoms with Crippen molar-refractivity contribution in [3.8, 4) is 0 Å². The molecule has 0 aromatic heterocycles. The molecule has 0 spiro atoms. The van der Waals surface area contributed by atoms with Crippen molar-refractivity contribution in [1.29, 1.82) is 0 Å². The monoisotopic (exact) mass is 242 g/mol. The molecule has 1 rings (SSSR count). The van der Waals surface area contributed by atoms with Gasteiger partial charge in [0.25, 0.3) is 0 Å². The van der Waals surface area contributed by atoms with Gasteiger partial charge < -0.3 is 14.9 Å². The van der Waals surface area contributed by atoms with Gasteiger partial charge in [0.05, 0.1) is 13.2 Å². The van der Waals surface area contributed by atoms with E-state index in [0.29, 0.717) is 24.2 Å². The number of aryl methyl sites for hydroxylation is 1. The first-order valence-electron chi connectivity index (χ1n) is 5.82. The van der Waals surface area contributed by atoms with Crippen molar-refractivity contribution < 1.29 is 19.3 Å². The predicted octanol–water partition coefficient (Wildman–Crippen LogP) is 1.78. The largest absolute Gasteiger partial charge is 0.396 e. The van der Waals surface area contributed by atoms with Gasteiger partial charge in [-0.3, -0.25) is 0 Å². The van der Waals surface area contributed by atoms with E-state index in [2.05, 4.69) is 0 Å². The first-order chi connectivity index (χ1) is 8.22. The molecule has 0 amide bonds. The maximum absolute atomic E-state index is 13.6. The van der Waals surface area contributed by atoms with Gasteiger partial charge in [-0.25, -0.2) is 4.39 Å². The first kappa shape index (κ1) is 14.1. The predicted molar refractivity (Wildman–Crippen MR) is 63.1 cm³/mol. The summed E-state index contributed by atoms with van der Waals surface area (Å²) in [5.74, 6) is -0.382. The second-order valence-corrected chi connectivity index (χ2v) is 3.86. The second kappa shape index (κ2) is 7.37. The van der Waals surface area contributed by atoms with Crippen molar-refractivity contribution in [2.24, 2.45) is 0 Å². The Labute approximate surface area is 101 Å². The number of halogens is 1. The Morgan fingerprint density at radius 2 is 2.06 bits per heavy atom. The SMILES string of the molecule is CCc1cc(F)c(CO)c(COCCCO)c1. The van der Waals surface area contributed by atoms with Crippen molar-refractivity contribution in [2.45, 2.75) is 33.0 Å². The highest BCUT2D eigenvalue weighted by atomic mass is 19.1. The van der Waals surface area contributed by atoms with E-state index in [1.807, 2.05) is 13.0 Å². The molecular weight excluding hydrogens is 223 g/mol. The van der Waals surface area contributed by atoms with Crippen LogP contribution < -0.4 is 0 Å². The van der Waals surface area contributed by atoms with Crippen molar-refractivity contribution in [3.63, 3.8) is 0 Å². The van der Waals surface area contributed by atoms with Crippen molar-refractivity contribution >= 4 is 0 Å². The molecule has 0 radical (unpaired) electrons. The minimum atomic E-state index is -0.382. The van der Waals surface area contributed by atoms with Crippen molar-refractivity contribution in [3.05, 3.63) is 34.6 Å². The lowest BCUT2D eigenvalue weighted by Gasteiger charge is -2.11. The first-order valence-corrected chi connectivity index (χ1v) is 5.82. The average Bonchev–Trinajstić information content (AvgIpc) is 2.34. The lowest BCUT2D eigenvalue weighted by atomic mass is 10.0. The van der Waals surface area contributed by atoms with Crippen LogP contribution in [0.5, 0.6) is 0 Å². The second-order valence-electron chi connectivity index (χ2n) is 3.86. The number of rotatable bonds is 7. The highest BCUT2D eigenvalue weighted by Crippen LogP contribution is 2.18. The normalized spacial score (nSPS) is 10.8. The Kier molecular flexibility index (Phi) is 6.11. The minimum Gasteiger partial charge on any atom is -0.396 e. The fourth-order valence-electron chi connectivity index (χ4n) is 1.61. The molecule has 2 N–H and O–H groups in total. The fraction of sp³-hybridized carbons (Fsp3) is 0.538. The van der Waals surface area contributed by atoms with Crippen molar-refractivity contribution in [1.82, 2.24) is 0 Å². The molecule has 1 aromatic rings. The summed E-state index contributed by atoms with van der Waals surface area (Å²) in [5, 5.41) is 17.7. The molecule has 0 atom stereocenters. The molecule has 1 aromatic carbocycles. The van der Waals surface area contributed by atoms with Gasteiger partial charge in [0.15, 0.2) is 0 Å². The van der Waals surface area contributed by atoms with Crippen LogP contribution in [0.1, 0.15) is 30.0 Å². The van der Waals surface area contributed by atoms with E-state index in [1.54, 1.807) is 0 Å². The number of aliphatic hydroxyl groups is 2. The van der Waals surface area contributed by atoms with Crippen LogP contribution in [0.4, 0.5) is 4.39 Å². The lowest BCUT2D eigenvalue weighted by Crippen LogP contribution is -2.04. The average molecular weight is 242 g/mol. The van der Waals surface area contributed by atoms with Crippen LogP contribution in [0.15, 0.2) is 12.1 Å². The summed E-state index contributed by atoms with van der Waals surface area (Å²) in [7, 11) is 0. The van der Waals surface area contributed by atoms with Gasteiger partial charge in [0.1, 0.15) is 5.82 Å². The summed E-state index contributed by atoms with van der Waals surface area (Å²) >= 11 is 0. The van der Waals surface area contributed by atoms with Crippen LogP contribution in [-0.2, 0) is 24.4 Å². The third-order valence-electron chi connectivity index (χ3n) is 2.62. The maximum Gasteiger partial charge on any atom is 0.129 e. The third kappa shape index (κ3) is 4.07. The molecule has 3 nitrogen and oxygen atoms in total. The molecule has 0 heterocycles. The summed E-state index contributed by atoms with van der Waals surface area (Å²) in [6, 6.07) is 3.30. The van der Waals surface area contributed by atoms with E-state index in [1.165, 1.54) is 6.07 Å². The van der Waals surface area contributed by atoms with Crippen LogP contribution in [0.2, 0.25) is 0 Å². The smallest absolute Gasteiger partial charge is 0.129 e. The standard InChI is InChI=1S/C13H19FO3/c1-2-10-6-11(9-17-5-3-4-15)12(8-16)13(14)7-10/h6-7,15-16H,2-5,8-9H2,1H3. The van der Waals surface area contributed by atoms with Crippen LogP contribution in [-0.4, -0.2) is 23.4 Å². The Bertz CT molecular complexity index is 353. The molecule has 0 aliphatic carbocycles. The summed E-state index contributed by atoms with van der Waals surface area (Å²) in [5.41, 5.74) is 1.87. The number of benzene rings is 1. The number of hydrogen-bond acceptors (Lipinski definition) is 3. The lowest BCUT2D eigenvalue weighted by molar-refractivity contribution is 0.102. The molecule has 0 unspecified atom stereocenters. The minimum absolute atomic E-state index is 0.0796. The summed E-state index contributed by atoms with van der Waals surface area (Å²) in [4.78, 5) is 0. The Balaban J connectivity index is 2.76. The zero-order valence-electron chi connectivity index (χ0n) is 10.1. The molecule has 0 saturated heterocycles. The zero-order valence-corrected chi connectivity index (χ0v) is 10.1. The van der Waals surface area contributed by atoms with Crippen LogP contribution in [0.3, 0.4) is 0 Å². The van der Waals surface area contributed by atoms with E-state index < -0.39 is 0 Å². The van der Waals surface area contributed by atoms with Gasteiger partial charge in [0, 0.05) is 18.8 Å². The van der Waals surface area contributed by atoms with E-state index in [9.17, 15) is 4.39 Å². The van der Waals surface area contributed by atoms with Crippen molar-refractivity contribution in [2.75, 3.05) is 13.2 Å². The van der Waals surface area contributed by atoms with Crippen LogP contribution >= 0.6 is 0 Å². The van der Waals surface area contributed by atoms with E-state index in [4.69, 9.17) is 14.9 Å². The Morgan fingerprint density at radius 1 is 1.29 bits per heavy atom. The summed E-state index contributed by atoms with van der Waals surface area (Å²) < 4.78 is 18.9. The van der Waals surface area contributed by atoms with Gasteiger partial charge >= 0.3 is 0 Å². The van der Waals surface area contributed by atoms with Gasteiger partial charge in [-0.15, -0.1) is 0 Å². The molecule has 0 bridgehead atoms. The summed E-state index contributed by atoms with van der Waals surface area (Å²) in [6.07, 6.45) is 1.30. The van der Waals surface area contributed by atoms with Gasteiger partial charge in [0.2, 0.25) is 0 Å². The van der Waals surface area contributed by atoms with Gasteiger partial charge in [-0.1, -0.05) is 13.0 Å². The van der Waals surface area contributed by atoms with Crippen LogP contribution in [0, 0.1) is 5.82 Å². The number of hydrogen-bond donors (Lipinski definition) is 2. The highest BCUT2D eigenvalue weighted by Gasteiger charge is 2.09. The summed E-state index contributed by atoms with van der Waals surface area (Å²) in [6.45, 7) is 2.40. The van der Waals surface area contributed by atoms with Gasteiger partial charge in [-0.2, -0.15) is 0 Å². The highest BCUT2D eigenvalue weighted by molar-refractivity contribution is 5.32. The zero-order chi connectivity index (χ0) is 12.7. The van der Waals surface area contributed by atoms with E-state index in [0.717, 1.165) is 12.0 Å². The molecule has 17 heavy (non-hydrogen) atoms.